The molecule has 0 saturated carbocycles. The van der Waals surface area contributed by atoms with Crippen LogP contribution < -0.4 is 10.5 Å². The molecule has 0 spiro atoms. The van der Waals surface area contributed by atoms with Crippen LogP contribution in [0.3, 0.4) is 0 Å². The van der Waals surface area contributed by atoms with E-state index < -0.39 is 10.0 Å². The zero-order valence-electron chi connectivity index (χ0n) is 12.4. The van der Waals surface area contributed by atoms with Gasteiger partial charge in [0.15, 0.2) is 0 Å². The molecule has 0 radical (unpaired) electrons. The normalized spacial score (nSPS) is 12.1. The SMILES string of the molecule is CC(C)(C)c1ccccc1NS(=O)(=O)c1ccc(N)cc1. The summed E-state index contributed by atoms with van der Waals surface area (Å²) in [5.74, 6) is 0. The summed E-state index contributed by atoms with van der Waals surface area (Å²) in [6.07, 6.45) is 0. The Morgan fingerprint density at radius 2 is 1.52 bits per heavy atom. The van der Waals surface area contributed by atoms with E-state index in [4.69, 9.17) is 5.73 Å². The highest BCUT2D eigenvalue weighted by molar-refractivity contribution is 7.92. The molecule has 2 aromatic rings. The molecule has 112 valence electrons. The summed E-state index contributed by atoms with van der Waals surface area (Å²) < 4.78 is 27.5. The molecule has 0 bridgehead atoms. The van der Waals surface area contributed by atoms with Gasteiger partial charge in [0.25, 0.3) is 10.0 Å². The largest absolute Gasteiger partial charge is 0.399 e. The fourth-order valence-corrected chi connectivity index (χ4v) is 3.16. The van der Waals surface area contributed by atoms with Gasteiger partial charge in [-0.2, -0.15) is 0 Å². The van der Waals surface area contributed by atoms with Crippen molar-refractivity contribution in [3.8, 4) is 0 Å². The molecule has 0 heterocycles. The van der Waals surface area contributed by atoms with Crippen molar-refractivity contribution in [2.24, 2.45) is 0 Å². The Morgan fingerprint density at radius 3 is 2.10 bits per heavy atom. The van der Waals surface area contributed by atoms with E-state index in [-0.39, 0.29) is 10.3 Å². The van der Waals surface area contributed by atoms with E-state index >= 15 is 0 Å². The summed E-state index contributed by atoms with van der Waals surface area (Å²) in [5, 5.41) is 0. The lowest BCUT2D eigenvalue weighted by Crippen LogP contribution is -2.19. The van der Waals surface area contributed by atoms with Crippen molar-refractivity contribution in [1.82, 2.24) is 0 Å². The minimum Gasteiger partial charge on any atom is -0.399 e. The number of nitrogens with two attached hydrogens (primary N) is 1. The van der Waals surface area contributed by atoms with Crippen molar-refractivity contribution < 1.29 is 8.42 Å². The molecule has 0 saturated heterocycles. The second-order valence-corrected chi connectivity index (χ2v) is 7.65. The van der Waals surface area contributed by atoms with Crippen molar-refractivity contribution in [3.63, 3.8) is 0 Å². The van der Waals surface area contributed by atoms with Gasteiger partial charge in [0.1, 0.15) is 0 Å². The van der Waals surface area contributed by atoms with Gasteiger partial charge in [-0.05, 0) is 41.3 Å². The predicted molar refractivity (Wildman–Crippen MR) is 86.8 cm³/mol. The highest BCUT2D eigenvalue weighted by Crippen LogP contribution is 2.30. The first kappa shape index (κ1) is 15.4. The van der Waals surface area contributed by atoms with Crippen LogP contribution in [0.5, 0.6) is 0 Å². The van der Waals surface area contributed by atoms with Crippen molar-refractivity contribution >= 4 is 21.4 Å². The number of benzene rings is 2. The highest BCUT2D eigenvalue weighted by atomic mass is 32.2. The van der Waals surface area contributed by atoms with E-state index in [1.807, 2.05) is 39.0 Å². The molecule has 0 aliphatic carbocycles. The summed E-state index contributed by atoms with van der Waals surface area (Å²) in [5.41, 5.74) is 7.51. The number of sulfonamides is 1. The van der Waals surface area contributed by atoms with Crippen LogP contribution in [-0.4, -0.2) is 8.42 Å². The maximum absolute atomic E-state index is 12.4. The maximum Gasteiger partial charge on any atom is 0.261 e. The average molecular weight is 304 g/mol. The number of anilines is 2. The molecule has 0 amide bonds. The Morgan fingerprint density at radius 1 is 0.952 bits per heavy atom. The van der Waals surface area contributed by atoms with Gasteiger partial charge >= 0.3 is 0 Å². The van der Waals surface area contributed by atoms with Gasteiger partial charge in [0.2, 0.25) is 0 Å². The molecule has 21 heavy (non-hydrogen) atoms. The Balaban J connectivity index is 2.40. The van der Waals surface area contributed by atoms with Crippen LogP contribution in [-0.2, 0) is 15.4 Å². The first-order valence-corrected chi connectivity index (χ1v) is 8.16. The molecule has 3 N–H and O–H groups in total. The number of hydrogen-bond donors (Lipinski definition) is 2. The summed E-state index contributed by atoms with van der Waals surface area (Å²) >= 11 is 0. The summed E-state index contributed by atoms with van der Waals surface area (Å²) in [6.45, 7) is 6.13. The molecular formula is C16H20N2O2S. The molecule has 2 aromatic carbocycles. The zero-order chi connectivity index (χ0) is 15.7. The van der Waals surface area contributed by atoms with Gasteiger partial charge in [-0.15, -0.1) is 0 Å². The Labute approximate surface area is 126 Å². The minimum atomic E-state index is -3.62. The van der Waals surface area contributed by atoms with E-state index in [1.165, 1.54) is 12.1 Å². The van der Waals surface area contributed by atoms with Gasteiger partial charge in [-0.1, -0.05) is 39.0 Å². The standard InChI is InChI=1S/C16H20N2O2S/c1-16(2,3)14-6-4-5-7-15(14)18-21(19,20)13-10-8-12(17)9-11-13/h4-11,18H,17H2,1-3H3. The average Bonchev–Trinajstić information content (AvgIpc) is 2.38. The molecule has 0 aromatic heterocycles. The lowest BCUT2D eigenvalue weighted by Gasteiger charge is -2.23. The lowest BCUT2D eigenvalue weighted by atomic mass is 9.86. The second kappa shape index (κ2) is 5.41. The summed E-state index contributed by atoms with van der Waals surface area (Å²) in [6, 6.07) is 13.6. The second-order valence-electron chi connectivity index (χ2n) is 5.97. The molecule has 4 nitrogen and oxygen atoms in total. The number of hydrogen-bond acceptors (Lipinski definition) is 3. The van der Waals surface area contributed by atoms with E-state index in [1.54, 1.807) is 18.2 Å². The Kier molecular flexibility index (Phi) is 3.96. The topological polar surface area (TPSA) is 72.2 Å². The van der Waals surface area contributed by atoms with E-state index in [2.05, 4.69) is 4.72 Å². The van der Waals surface area contributed by atoms with Gasteiger partial charge in [0, 0.05) is 5.69 Å². The molecular weight excluding hydrogens is 284 g/mol. The smallest absolute Gasteiger partial charge is 0.261 e. The van der Waals surface area contributed by atoms with E-state index in [0.29, 0.717) is 11.4 Å². The third kappa shape index (κ3) is 3.55. The minimum absolute atomic E-state index is 0.153. The maximum atomic E-state index is 12.4. The number of nitrogen functional groups attached to an aromatic ring is 1. The third-order valence-electron chi connectivity index (χ3n) is 3.17. The third-order valence-corrected chi connectivity index (χ3v) is 4.55. The van der Waals surface area contributed by atoms with Gasteiger partial charge in [0.05, 0.1) is 10.6 Å². The Bertz CT molecular complexity index is 730. The molecule has 5 heteroatoms. The van der Waals surface area contributed by atoms with Crippen molar-refractivity contribution in [2.45, 2.75) is 31.1 Å². The number of rotatable bonds is 3. The van der Waals surface area contributed by atoms with Crippen LogP contribution in [0.15, 0.2) is 53.4 Å². The molecule has 2 rings (SSSR count). The Hall–Kier alpha value is -2.01. The highest BCUT2D eigenvalue weighted by Gasteiger charge is 2.21. The fraction of sp³-hybridized carbons (Fsp3) is 0.250. The number of nitrogens with one attached hydrogen (secondary N) is 1. The molecule has 0 aliphatic rings. The van der Waals surface area contributed by atoms with Crippen LogP contribution in [0.4, 0.5) is 11.4 Å². The molecule has 0 aliphatic heterocycles. The van der Waals surface area contributed by atoms with Crippen LogP contribution in [0.1, 0.15) is 26.3 Å². The van der Waals surface area contributed by atoms with Crippen molar-refractivity contribution in [2.75, 3.05) is 10.5 Å². The van der Waals surface area contributed by atoms with Crippen LogP contribution >= 0.6 is 0 Å². The predicted octanol–water partition coefficient (Wildman–Crippen LogP) is 3.37. The molecule has 0 fully saturated rings. The van der Waals surface area contributed by atoms with Crippen molar-refractivity contribution in [3.05, 3.63) is 54.1 Å². The van der Waals surface area contributed by atoms with Crippen molar-refractivity contribution in [1.29, 1.82) is 0 Å². The van der Waals surface area contributed by atoms with Gasteiger partial charge < -0.3 is 5.73 Å². The van der Waals surface area contributed by atoms with E-state index in [0.717, 1.165) is 5.56 Å². The fourth-order valence-electron chi connectivity index (χ4n) is 2.08. The monoisotopic (exact) mass is 304 g/mol. The first-order valence-electron chi connectivity index (χ1n) is 6.68. The van der Waals surface area contributed by atoms with Crippen LogP contribution in [0.2, 0.25) is 0 Å². The first-order chi connectivity index (χ1) is 9.70. The van der Waals surface area contributed by atoms with Gasteiger partial charge in [-0.25, -0.2) is 8.42 Å². The van der Waals surface area contributed by atoms with Gasteiger partial charge in [-0.3, -0.25) is 4.72 Å². The molecule has 0 unspecified atom stereocenters. The lowest BCUT2D eigenvalue weighted by molar-refractivity contribution is 0.590. The molecule has 0 atom stereocenters. The zero-order valence-corrected chi connectivity index (χ0v) is 13.2. The summed E-state index contributed by atoms with van der Waals surface area (Å²) in [4.78, 5) is 0.195. The van der Waals surface area contributed by atoms with E-state index in [9.17, 15) is 8.42 Å². The van der Waals surface area contributed by atoms with Crippen LogP contribution in [0, 0.1) is 0 Å². The summed E-state index contributed by atoms with van der Waals surface area (Å²) in [7, 11) is -3.62. The van der Waals surface area contributed by atoms with Crippen LogP contribution in [0.25, 0.3) is 0 Å². The number of para-hydroxylation sites is 1. The quantitative estimate of drug-likeness (QED) is 0.854.